The molecule has 25 heavy (non-hydrogen) atoms. The van der Waals surface area contributed by atoms with Gasteiger partial charge >= 0.3 is 17.9 Å². The first kappa shape index (κ1) is 23.5. The molecule has 0 aromatic heterocycles. The summed E-state index contributed by atoms with van der Waals surface area (Å²) in [6.45, 7) is 6.25. The molecular formula is C17H30NO6S+. The highest BCUT2D eigenvalue weighted by Crippen LogP contribution is 2.12. The lowest BCUT2D eigenvalue weighted by Crippen LogP contribution is -2.38. The summed E-state index contributed by atoms with van der Waals surface area (Å²) in [5, 5.41) is 0. The van der Waals surface area contributed by atoms with E-state index in [0.29, 0.717) is 18.1 Å². The molecule has 8 heteroatoms. The van der Waals surface area contributed by atoms with Crippen LogP contribution in [-0.2, 0) is 28.6 Å². The average Bonchev–Trinajstić information content (AvgIpc) is 2.54. The minimum Gasteiger partial charge on any atom is -0.466 e. The Morgan fingerprint density at radius 1 is 1.16 bits per heavy atom. The number of esters is 3. The molecule has 1 unspecified atom stereocenters. The zero-order chi connectivity index (χ0) is 19.5. The van der Waals surface area contributed by atoms with Gasteiger partial charge in [-0.3, -0.25) is 9.59 Å². The van der Waals surface area contributed by atoms with Gasteiger partial charge in [-0.2, -0.15) is 11.8 Å². The van der Waals surface area contributed by atoms with E-state index >= 15 is 0 Å². The Labute approximate surface area is 154 Å². The molecule has 0 aliphatic rings. The van der Waals surface area contributed by atoms with E-state index in [0.717, 1.165) is 11.0 Å². The molecule has 0 aliphatic carbocycles. The Hall–Kier alpha value is -1.54. The molecule has 1 atom stereocenters. The Bertz CT molecular complexity index is 472. The summed E-state index contributed by atoms with van der Waals surface area (Å²) < 4.78 is 15.4. The topological polar surface area (TPSA) is 78.9 Å². The van der Waals surface area contributed by atoms with Crippen molar-refractivity contribution in [2.45, 2.75) is 13.3 Å². The highest BCUT2D eigenvalue weighted by molar-refractivity contribution is 7.99. The van der Waals surface area contributed by atoms with Crippen LogP contribution in [0.2, 0.25) is 0 Å². The zero-order valence-electron chi connectivity index (χ0n) is 15.8. The number of nitrogens with zero attached hydrogens (tertiary/aromatic N) is 1. The van der Waals surface area contributed by atoms with Crippen LogP contribution in [0.5, 0.6) is 0 Å². The van der Waals surface area contributed by atoms with Gasteiger partial charge in [-0.25, -0.2) is 4.79 Å². The highest BCUT2D eigenvalue weighted by Gasteiger charge is 2.17. The number of thioether (sulfide) groups is 1. The molecule has 0 aliphatic heterocycles. The predicted molar refractivity (Wildman–Crippen MR) is 97.1 cm³/mol. The standard InChI is InChI=1S/C17H30NO6S/c1-13(16(20)22-6)11-24-15(19)7-10-25-12-14(2)17(21)23-9-8-18(3,4)5/h14H,1,7-12H2,2-6H3/q+1. The number of ether oxygens (including phenoxy) is 3. The minimum absolute atomic E-state index is 0.0914. The van der Waals surface area contributed by atoms with Crippen molar-refractivity contribution >= 4 is 29.7 Å². The van der Waals surface area contributed by atoms with E-state index in [2.05, 4.69) is 11.3 Å². The second-order valence-electron chi connectivity index (χ2n) is 6.66. The Kier molecular flexibility index (Phi) is 11.2. The maximum absolute atomic E-state index is 11.8. The zero-order valence-corrected chi connectivity index (χ0v) is 16.6. The van der Waals surface area contributed by atoms with Crippen LogP contribution in [-0.4, -0.2) is 81.9 Å². The molecule has 0 bridgehead atoms. The molecule has 0 heterocycles. The van der Waals surface area contributed by atoms with Gasteiger partial charge in [0, 0.05) is 11.5 Å². The number of quaternary nitrogens is 1. The number of methoxy groups -OCH3 is 1. The van der Waals surface area contributed by atoms with Gasteiger partial charge in [-0.1, -0.05) is 13.5 Å². The van der Waals surface area contributed by atoms with Gasteiger partial charge in [0.05, 0.1) is 46.2 Å². The largest absolute Gasteiger partial charge is 0.466 e. The quantitative estimate of drug-likeness (QED) is 0.167. The van der Waals surface area contributed by atoms with Crippen molar-refractivity contribution in [2.75, 3.05) is 59.5 Å². The van der Waals surface area contributed by atoms with E-state index < -0.39 is 11.9 Å². The van der Waals surface area contributed by atoms with Crippen LogP contribution in [0.4, 0.5) is 0 Å². The fourth-order valence-corrected chi connectivity index (χ4v) is 2.46. The molecule has 0 saturated heterocycles. The molecular weight excluding hydrogens is 346 g/mol. The Balaban J connectivity index is 3.81. The lowest BCUT2D eigenvalue weighted by atomic mass is 10.2. The first-order valence-electron chi connectivity index (χ1n) is 8.03. The van der Waals surface area contributed by atoms with E-state index in [4.69, 9.17) is 9.47 Å². The number of hydrogen-bond acceptors (Lipinski definition) is 7. The molecule has 0 saturated carbocycles. The molecule has 0 N–H and O–H groups in total. The van der Waals surface area contributed by atoms with Crippen molar-refractivity contribution in [3.8, 4) is 0 Å². The molecule has 0 spiro atoms. The summed E-state index contributed by atoms with van der Waals surface area (Å²) in [6.07, 6.45) is 0.197. The van der Waals surface area contributed by atoms with Crippen LogP contribution in [0, 0.1) is 5.92 Å². The summed E-state index contributed by atoms with van der Waals surface area (Å²) in [5.41, 5.74) is 0.0914. The fourth-order valence-electron chi connectivity index (χ4n) is 1.49. The maximum atomic E-state index is 11.8. The minimum atomic E-state index is -0.597. The van der Waals surface area contributed by atoms with Gasteiger partial charge in [0.15, 0.2) is 0 Å². The third-order valence-electron chi connectivity index (χ3n) is 3.11. The predicted octanol–water partition coefficient (Wildman–Crippen LogP) is 1.27. The lowest BCUT2D eigenvalue weighted by molar-refractivity contribution is -0.870. The molecule has 0 amide bonds. The normalized spacial score (nSPS) is 12.2. The molecule has 7 nitrogen and oxygen atoms in total. The molecule has 0 radical (unpaired) electrons. The summed E-state index contributed by atoms with van der Waals surface area (Å²) >= 11 is 1.48. The van der Waals surface area contributed by atoms with Gasteiger partial charge in [-0.15, -0.1) is 0 Å². The van der Waals surface area contributed by atoms with Crippen LogP contribution in [0.3, 0.4) is 0 Å². The fraction of sp³-hybridized carbons (Fsp3) is 0.706. The first-order chi connectivity index (χ1) is 11.6. The van der Waals surface area contributed by atoms with Gasteiger partial charge in [0.1, 0.15) is 19.8 Å². The summed E-state index contributed by atoms with van der Waals surface area (Å²) in [6, 6.07) is 0. The molecule has 144 valence electrons. The summed E-state index contributed by atoms with van der Waals surface area (Å²) in [5.74, 6) is -0.369. The second-order valence-corrected chi connectivity index (χ2v) is 7.81. The third kappa shape index (κ3) is 12.5. The van der Waals surface area contributed by atoms with Crippen molar-refractivity contribution in [2.24, 2.45) is 5.92 Å². The first-order valence-corrected chi connectivity index (χ1v) is 9.19. The molecule has 0 fully saturated rings. The van der Waals surface area contributed by atoms with Crippen LogP contribution >= 0.6 is 11.8 Å². The van der Waals surface area contributed by atoms with Crippen molar-refractivity contribution in [3.05, 3.63) is 12.2 Å². The lowest BCUT2D eigenvalue weighted by Gasteiger charge is -2.23. The van der Waals surface area contributed by atoms with E-state index in [1.165, 1.54) is 18.9 Å². The number of rotatable bonds is 12. The van der Waals surface area contributed by atoms with Crippen molar-refractivity contribution < 1.29 is 33.1 Å². The van der Waals surface area contributed by atoms with Gasteiger partial charge in [0.25, 0.3) is 0 Å². The van der Waals surface area contributed by atoms with E-state index in [-0.39, 0.29) is 30.5 Å². The van der Waals surface area contributed by atoms with Crippen LogP contribution < -0.4 is 0 Å². The van der Waals surface area contributed by atoms with Gasteiger partial charge < -0.3 is 18.7 Å². The molecule has 0 rings (SSSR count). The number of hydrogen-bond donors (Lipinski definition) is 0. The van der Waals surface area contributed by atoms with Crippen LogP contribution in [0.25, 0.3) is 0 Å². The van der Waals surface area contributed by atoms with Gasteiger partial charge in [0.2, 0.25) is 0 Å². The molecule has 0 aromatic carbocycles. The third-order valence-corrected chi connectivity index (χ3v) is 4.34. The Morgan fingerprint density at radius 2 is 1.80 bits per heavy atom. The van der Waals surface area contributed by atoms with E-state index in [9.17, 15) is 14.4 Å². The number of carbonyl (C=O) groups is 3. The monoisotopic (exact) mass is 376 g/mol. The van der Waals surface area contributed by atoms with Gasteiger partial charge in [-0.05, 0) is 0 Å². The van der Waals surface area contributed by atoms with Crippen LogP contribution in [0.1, 0.15) is 13.3 Å². The maximum Gasteiger partial charge on any atom is 0.336 e. The van der Waals surface area contributed by atoms with Crippen molar-refractivity contribution in [1.29, 1.82) is 0 Å². The SMILES string of the molecule is C=C(COC(=O)CCSCC(C)C(=O)OCC[N+](C)(C)C)C(=O)OC. The average molecular weight is 376 g/mol. The summed E-state index contributed by atoms with van der Waals surface area (Å²) in [4.78, 5) is 34.5. The summed E-state index contributed by atoms with van der Waals surface area (Å²) in [7, 11) is 7.34. The van der Waals surface area contributed by atoms with Crippen molar-refractivity contribution in [3.63, 3.8) is 0 Å². The van der Waals surface area contributed by atoms with Crippen LogP contribution in [0.15, 0.2) is 12.2 Å². The number of likely N-dealkylation sites (N-methyl/N-ethyl adjacent to an activating group) is 1. The second kappa shape index (κ2) is 11.9. The van der Waals surface area contributed by atoms with Crippen molar-refractivity contribution in [1.82, 2.24) is 0 Å². The van der Waals surface area contributed by atoms with E-state index in [1.54, 1.807) is 6.92 Å². The smallest absolute Gasteiger partial charge is 0.336 e. The highest BCUT2D eigenvalue weighted by atomic mass is 32.2. The Morgan fingerprint density at radius 3 is 2.36 bits per heavy atom. The number of carbonyl (C=O) groups excluding carboxylic acids is 3. The molecule has 0 aromatic rings. The van der Waals surface area contributed by atoms with E-state index in [1.807, 2.05) is 21.1 Å².